The summed E-state index contributed by atoms with van der Waals surface area (Å²) in [6.45, 7) is 0.524. The number of rotatable bonds is 6. The van der Waals surface area contributed by atoms with Crippen LogP contribution in [0.4, 0.5) is 0 Å². The molecule has 1 atom stereocenters. The summed E-state index contributed by atoms with van der Waals surface area (Å²) in [5.41, 5.74) is 6.35. The average molecular weight is 500 g/mol. The number of benzene rings is 1. The fourth-order valence-corrected chi connectivity index (χ4v) is 6.21. The van der Waals surface area contributed by atoms with Crippen LogP contribution in [0, 0.1) is 0 Å². The summed E-state index contributed by atoms with van der Waals surface area (Å²) in [5.74, 6) is -1.87. The first-order valence-corrected chi connectivity index (χ1v) is 12.6. The van der Waals surface area contributed by atoms with Gasteiger partial charge in [-0.3, -0.25) is 14.6 Å². The van der Waals surface area contributed by atoms with Gasteiger partial charge in [0.2, 0.25) is 11.8 Å². The highest BCUT2D eigenvalue weighted by atomic mass is 32.2. The quantitative estimate of drug-likeness (QED) is 0.489. The number of amides is 2. The molecule has 1 unspecified atom stereocenters. The summed E-state index contributed by atoms with van der Waals surface area (Å²) in [6.07, 6.45) is 3.24. The van der Waals surface area contributed by atoms with Crippen molar-refractivity contribution < 1.29 is 27.5 Å². The summed E-state index contributed by atoms with van der Waals surface area (Å²) < 4.78 is 39.6. The van der Waals surface area contributed by atoms with Crippen molar-refractivity contribution in [1.82, 2.24) is 19.2 Å². The fourth-order valence-electron chi connectivity index (χ4n) is 4.65. The topological polar surface area (TPSA) is 146 Å². The number of fused-ring (bicyclic) bond motifs is 1. The van der Waals surface area contributed by atoms with Crippen LogP contribution in [-0.2, 0) is 35.6 Å². The lowest BCUT2D eigenvalue weighted by molar-refractivity contribution is -0.151. The van der Waals surface area contributed by atoms with Crippen molar-refractivity contribution in [2.24, 2.45) is 5.73 Å². The van der Waals surface area contributed by atoms with Crippen molar-refractivity contribution in [2.45, 2.75) is 29.7 Å². The van der Waals surface area contributed by atoms with Crippen LogP contribution in [0.2, 0.25) is 0 Å². The van der Waals surface area contributed by atoms with Gasteiger partial charge in [0.05, 0.1) is 49.0 Å². The zero-order valence-electron chi connectivity index (χ0n) is 18.8. The van der Waals surface area contributed by atoms with Gasteiger partial charge in [0.15, 0.2) is 5.79 Å². The SMILES string of the molecule is NCC(=O)N1CC2(CC1C(=O)NCc1cc3cnccc3n1S(=O)(=O)c1ccccc1)OCCO2. The van der Waals surface area contributed by atoms with E-state index < -0.39 is 33.7 Å². The predicted octanol–water partition coefficient (Wildman–Crippen LogP) is 0.192. The van der Waals surface area contributed by atoms with Crippen molar-refractivity contribution in [3.8, 4) is 0 Å². The molecule has 5 rings (SSSR count). The molecule has 1 spiro atoms. The van der Waals surface area contributed by atoms with Gasteiger partial charge in [-0.25, -0.2) is 12.4 Å². The maximum atomic E-state index is 13.5. The van der Waals surface area contributed by atoms with Gasteiger partial charge in [-0.15, -0.1) is 0 Å². The zero-order chi connectivity index (χ0) is 24.6. The van der Waals surface area contributed by atoms with Gasteiger partial charge in [0, 0.05) is 24.2 Å². The van der Waals surface area contributed by atoms with E-state index in [0.717, 1.165) is 0 Å². The van der Waals surface area contributed by atoms with E-state index in [0.29, 0.717) is 29.8 Å². The van der Waals surface area contributed by atoms with E-state index in [-0.39, 0.29) is 31.0 Å². The minimum absolute atomic E-state index is 0.0879. The van der Waals surface area contributed by atoms with Crippen LogP contribution in [0.1, 0.15) is 12.1 Å². The Hall–Kier alpha value is -3.32. The van der Waals surface area contributed by atoms with E-state index >= 15 is 0 Å². The largest absolute Gasteiger partial charge is 0.349 e. The number of pyridine rings is 1. The zero-order valence-corrected chi connectivity index (χ0v) is 19.6. The Morgan fingerprint density at radius 3 is 2.63 bits per heavy atom. The molecule has 35 heavy (non-hydrogen) atoms. The predicted molar refractivity (Wildman–Crippen MR) is 124 cm³/mol. The van der Waals surface area contributed by atoms with Crippen molar-refractivity contribution in [1.29, 1.82) is 0 Å². The molecule has 1 aromatic carbocycles. The molecule has 2 aliphatic heterocycles. The molecule has 12 heteroatoms. The number of nitrogens with one attached hydrogen (secondary N) is 1. The Bertz CT molecular complexity index is 1370. The summed E-state index contributed by atoms with van der Waals surface area (Å²) in [7, 11) is -3.95. The molecule has 184 valence electrons. The van der Waals surface area contributed by atoms with Crippen LogP contribution >= 0.6 is 0 Å². The minimum Gasteiger partial charge on any atom is -0.349 e. The van der Waals surface area contributed by atoms with E-state index in [1.54, 1.807) is 36.5 Å². The molecule has 2 aliphatic rings. The molecule has 2 saturated heterocycles. The molecule has 4 heterocycles. The maximum Gasteiger partial charge on any atom is 0.268 e. The van der Waals surface area contributed by atoms with E-state index in [2.05, 4.69) is 10.3 Å². The highest BCUT2D eigenvalue weighted by Crippen LogP contribution is 2.35. The van der Waals surface area contributed by atoms with Gasteiger partial charge >= 0.3 is 0 Å². The minimum atomic E-state index is -3.95. The number of carbonyl (C=O) groups excluding carboxylic acids is 2. The molecule has 3 aromatic rings. The van der Waals surface area contributed by atoms with Gasteiger partial charge in [0.25, 0.3) is 10.0 Å². The van der Waals surface area contributed by atoms with E-state index in [1.165, 1.54) is 27.2 Å². The number of hydrogen-bond acceptors (Lipinski definition) is 8. The molecule has 2 amide bonds. The Labute approximate surface area is 201 Å². The molecule has 2 aromatic heterocycles. The number of likely N-dealkylation sites (tertiary alicyclic amines) is 1. The molecule has 0 saturated carbocycles. The van der Waals surface area contributed by atoms with Crippen molar-refractivity contribution >= 4 is 32.7 Å². The molecular weight excluding hydrogens is 474 g/mol. The van der Waals surface area contributed by atoms with Gasteiger partial charge in [-0.1, -0.05) is 18.2 Å². The Balaban J connectivity index is 1.44. The third kappa shape index (κ3) is 4.18. The maximum absolute atomic E-state index is 13.5. The van der Waals surface area contributed by atoms with E-state index in [4.69, 9.17) is 15.2 Å². The first-order valence-electron chi connectivity index (χ1n) is 11.1. The van der Waals surface area contributed by atoms with Crippen molar-refractivity contribution in [2.75, 3.05) is 26.3 Å². The van der Waals surface area contributed by atoms with Crippen LogP contribution in [0.15, 0.2) is 59.8 Å². The third-order valence-electron chi connectivity index (χ3n) is 6.26. The number of ether oxygens (including phenoxy) is 2. The second kappa shape index (κ2) is 9.04. The van der Waals surface area contributed by atoms with E-state index in [9.17, 15) is 18.0 Å². The summed E-state index contributed by atoms with van der Waals surface area (Å²) in [5, 5.41) is 3.41. The monoisotopic (exact) mass is 499 g/mol. The Kier molecular flexibility index (Phi) is 6.05. The lowest BCUT2D eigenvalue weighted by Gasteiger charge is -2.23. The van der Waals surface area contributed by atoms with Gasteiger partial charge in [-0.05, 0) is 24.3 Å². The number of carbonyl (C=O) groups is 2. The first kappa shape index (κ1) is 23.4. The fraction of sp³-hybridized carbons (Fsp3) is 0.348. The van der Waals surface area contributed by atoms with Crippen molar-refractivity contribution in [3.05, 3.63) is 60.6 Å². The van der Waals surface area contributed by atoms with Crippen LogP contribution < -0.4 is 11.1 Å². The molecule has 3 N–H and O–H groups in total. The van der Waals surface area contributed by atoms with E-state index in [1.807, 2.05) is 0 Å². The molecule has 2 fully saturated rings. The normalized spacial score (nSPS) is 19.5. The van der Waals surface area contributed by atoms with Gasteiger partial charge < -0.3 is 25.4 Å². The number of hydrogen-bond donors (Lipinski definition) is 2. The number of nitrogens with two attached hydrogens (primary N) is 1. The second-order valence-corrected chi connectivity index (χ2v) is 10.2. The summed E-state index contributed by atoms with van der Waals surface area (Å²) in [6, 6.07) is 10.5. The molecular formula is C23H25N5O6S. The molecule has 0 bridgehead atoms. The Morgan fingerprint density at radius 2 is 1.91 bits per heavy atom. The van der Waals surface area contributed by atoms with Crippen LogP contribution in [0.3, 0.4) is 0 Å². The molecule has 0 aliphatic carbocycles. The molecule has 0 radical (unpaired) electrons. The number of aromatic nitrogens is 2. The standard InChI is InChI=1S/C23H25N5O6S/c24-12-21(29)27-15-23(33-8-9-34-23)11-20(27)22(30)26-14-17-10-16-13-25-7-6-19(16)28(17)35(31,32)18-4-2-1-3-5-18/h1-7,10,13,20H,8-9,11-12,14-15,24H2,(H,26,30). The average Bonchev–Trinajstić information content (AvgIpc) is 3.60. The Morgan fingerprint density at radius 1 is 1.17 bits per heavy atom. The van der Waals surface area contributed by atoms with Crippen LogP contribution in [0.5, 0.6) is 0 Å². The van der Waals surface area contributed by atoms with Gasteiger partial charge in [0.1, 0.15) is 6.04 Å². The summed E-state index contributed by atoms with van der Waals surface area (Å²) >= 11 is 0. The smallest absolute Gasteiger partial charge is 0.268 e. The second-order valence-electron chi connectivity index (χ2n) is 8.42. The van der Waals surface area contributed by atoms with Gasteiger partial charge in [-0.2, -0.15) is 0 Å². The lowest BCUT2D eigenvalue weighted by atomic mass is 10.1. The summed E-state index contributed by atoms with van der Waals surface area (Å²) in [4.78, 5) is 31.2. The highest BCUT2D eigenvalue weighted by Gasteiger charge is 2.52. The molecule has 11 nitrogen and oxygen atoms in total. The highest BCUT2D eigenvalue weighted by molar-refractivity contribution is 7.90. The van der Waals surface area contributed by atoms with Crippen LogP contribution in [0.25, 0.3) is 10.9 Å². The third-order valence-corrected chi connectivity index (χ3v) is 8.04. The van der Waals surface area contributed by atoms with Crippen LogP contribution in [-0.4, -0.2) is 72.2 Å². The van der Waals surface area contributed by atoms with Crippen molar-refractivity contribution in [3.63, 3.8) is 0 Å². The first-order chi connectivity index (χ1) is 16.8. The number of nitrogens with zero attached hydrogens (tertiary/aromatic N) is 3. The lowest BCUT2D eigenvalue weighted by Crippen LogP contribution is -2.48.